The molecule has 10 heavy (non-hydrogen) atoms. The summed E-state index contributed by atoms with van der Waals surface area (Å²) in [5, 5.41) is 11.2. The van der Waals surface area contributed by atoms with Gasteiger partial charge in [0.2, 0.25) is 0 Å². The van der Waals surface area contributed by atoms with Gasteiger partial charge in [-0.2, -0.15) is 0 Å². The topological polar surface area (TPSA) is 23.1 Å². The van der Waals surface area contributed by atoms with Gasteiger partial charge in [0.15, 0.2) is 0 Å². The van der Waals surface area contributed by atoms with Crippen LogP contribution in [-0.4, -0.2) is 24.8 Å². The van der Waals surface area contributed by atoms with Gasteiger partial charge in [0.1, 0.15) is 0 Å². The second-order valence-corrected chi connectivity index (χ2v) is 4.72. The quantitative estimate of drug-likeness (QED) is 0.373. The molecule has 0 radical (unpaired) electrons. The molecule has 0 unspecified atom stereocenters. The first kappa shape index (κ1) is 8.02. The van der Waals surface area contributed by atoms with Crippen LogP contribution < -0.4 is 0 Å². The van der Waals surface area contributed by atoms with E-state index in [0.717, 1.165) is 13.1 Å². The van der Waals surface area contributed by atoms with Gasteiger partial charge in [-0.15, -0.1) is 0 Å². The Morgan fingerprint density at radius 1 is 1.30 bits per heavy atom. The lowest BCUT2D eigenvalue weighted by atomic mass is 9.76. The lowest BCUT2D eigenvalue weighted by Gasteiger charge is -2.55. The third kappa shape index (κ3) is 1.50. The van der Waals surface area contributed by atoms with E-state index < -0.39 is 0 Å². The number of hydrogen-bond donors (Lipinski definition) is 0. The fourth-order valence-electron chi connectivity index (χ4n) is 1.43. The monoisotopic (exact) mass is 143 g/mol. The van der Waals surface area contributed by atoms with Gasteiger partial charge >= 0.3 is 0 Å². The van der Waals surface area contributed by atoms with Crippen molar-refractivity contribution >= 4 is 0 Å². The summed E-state index contributed by atoms with van der Waals surface area (Å²) in [6, 6.07) is 0. The van der Waals surface area contributed by atoms with Gasteiger partial charge in [-0.05, 0) is 5.41 Å². The van der Waals surface area contributed by atoms with Crippen LogP contribution in [0.3, 0.4) is 0 Å². The highest BCUT2D eigenvalue weighted by molar-refractivity contribution is 4.79. The molecule has 0 aliphatic carbocycles. The Labute approximate surface area is 63.0 Å². The summed E-state index contributed by atoms with van der Waals surface area (Å²) < 4.78 is -0.0259. The number of nitrogens with zero attached hydrogens (tertiary/aromatic N) is 1. The first-order valence-corrected chi connectivity index (χ1v) is 3.87. The van der Waals surface area contributed by atoms with Gasteiger partial charge in [0.25, 0.3) is 0 Å². The number of quaternary nitrogens is 1. The molecule has 0 atom stereocenters. The van der Waals surface area contributed by atoms with Gasteiger partial charge in [-0.1, -0.05) is 20.8 Å². The first-order valence-electron chi connectivity index (χ1n) is 3.87. The van der Waals surface area contributed by atoms with Crippen LogP contribution in [0.4, 0.5) is 0 Å². The highest BCUT2D eigenvalue weighted by Crippen LogP contribution is 2.36. The van der Waals surface area contributed by atoms with Gasteiger partial charge in [-0.3, -0.25) is 0 Å². The molecule has 0 spiro atoms. The van der Waals surface area contributed by atoms with Gasteiger partial charge in [-0.25, -0.2) is 0 Å². The maximum Gasteiger partial charge on any atom is 0.0870 e. The minimum atomic E-state index is -0.0259. The van der Waals surface area contributed by atoms with Crippen LogP contribution in [0, 0.1) is 16.5 Å². The molecule has 0 N–H and O–H groups in total. The molecule has 1 rings (SSSR count). The number of likely N-dealkylation sites (tertiary alicyclic amines) is 1. The van der Waals surface area contributed by atoms with Crippen molar-refractivity contribution < 1.29 is 4.65 Å². The normalized spacial score (nSPS) is 41.1. The van der Waals surface area contributed by atoms with Crippen molar-refractivity contribution in [3.63, 3.8) is 0 Å². The molecule has 0 bridgehead atoms. The lowest BCUT2D eigenvalue weighted by Crippen LogP contribution is -2.60. The average Bonchev–Trinajstić information content (AvgIpc) is 1.56. The van der Waals surface area contributed by atoms with E-state index in [-0.39, 0.29) is 4.65 Å². The van der Waals surface area contributed by atoms with Crippen molar-refractivity contribution in [2.45, 2.75) is 20.8 Å². The maximum atomic E-state index is 11.2. The zero-order valence-electron chi connectivity index (χ0n) is 7.35. The Balaban J connectivity index is 2.40. The second kappa shape index (κ2) is 1.95. The molecule has 1 fully saturated rings. The third-order valence-electron chi connectivity index (χ3n) is 2.44. The number of rotatable bonds is 0. The van der Waals surface area contributed by atoms with Crippen LogP contribution in [-0.2, 0) is 0 Å². The minimum Gasteiger partial charge on any atom is -0.633 e. The van der Waals surface area contributed by atoms with Crippen molar-refractivity contribution in [1.82, 2.24) is 0 Å². The van der Waals surface area contributed by atoms with E-state index in [0.29, 0.717) is 11.3 Å². The molecule has 1 aliphatic heterocycles. The average molecular weight is 143 g/mol. The largest absolute Gasteiger partial charge is 0.633 e. The summed E-state index contributed by atoms with van der Waals surface area (Å²) in [6.07, 6.45) is 0. The summed E-state index contributed by atoms with van der Waals surface area (Å²) in [4.78, 5) is 0. The van der Waals surface area contributed by atoms with Crippen LogP contribution >= 0.6 is 0 Å². The van der Waals surface area contributed by atoms with Crippen molar-refractivity contribution in [2.24, 2.45) is 11.3 Å². The van der Waals surface area contributed by atoms with Crippen LogP contribution in [0.1, 0.15) is 20.8 Å². The van der Waals surface area contributed by atoms with Crippen molar-refractivity contribution in [3.8, 4) is 0 Å². The molecule has 1 aliphatic rings. The molecular formula is C8H17NO. The first-order chi connectivity index (χ1) is 4.31. The van der Waals surface area contributed by atoms with Crippen LogP contribution in [0.5, 0.6) is 0 Å². The number of hydrogen-bond acceptors (Lipinski definition) is 1. The smallest absolute Gasteiger partial charge is 0.0870 e. The Bertz CT molecular complexity index is 127. The van der Waals surface area contributed by atoms with Gasteiger partial charge in [0, 0.05) is 0 Å². The van der Waals surface area contributed by atoms with E-state index in [1.807, 2.05) is 0 Å². The van der Waals surface area contributed by atoms with E-state index in [4.69, 9.17) is 0 Å². The van der Waals surface area contributed by atoms with Crippen molar-refractivity contribution in [2.75, 3.05) is 20.1 Å². The summed E-state index contributed by atoms with van der Waals surface area (Å²) >= 11 is 0. The van der Waals surface area contributed by atoms with E-state index in [1.54, 1.807) is 7.05 Å². The minimum absolute atomic E-state index is 0.0259. The summed E-state index contributed by atoms with van der Waals surface area (Å²) in [5.41, 5.74) is 0.335. The number of hydroxylamine groups is 3. The zero-order valence-corrected chi connectivity index (χ0v) is 7.35. The summed E-state index contributed by atoms with van der Waals surface area (Å²) in [6.45, 7) is 8.23. The predicted octanol–water partition coefficient (Wildman–Crippen LogP) is 1.61. The lowest BCUT2D eigenvalue weighted by molar-refractivity contribution is -0.914. The molecule has 60 valence electrons. The molecule has 1 saturated heterocycles. The molecule has 1 heterocycles. The molecule has 0 amide bonds. The summed E-state index contributed by atoms with van der Waals surface area (Å²) in [5.74, 6) is 0.634. The Hall–Kier alpha value is -0.0800. The standard InChI is InChI=1S/C8H17NO/c1-8(2,3)7-5-9(4,10)6-7/h7H,5-6H2,1-4H3. The molecular weight excluding hydrogens is 126 g/mol. The van der Waals surface area contributed by atoms with Gasteiger partial charge < -0.3 is 9.85 Å². The predicted molar refractivity (Wildman–Crippen MR) is 42.2 cm³/mol. The van der Waals surface area contributed by atoms with Crippen molar-refractivity contribution in [1.29, 1.82) is 0 Å². The second-order valence-electron chi connectivity index (χ2n) is 4.72. The Kier molecular flexibility index (Phi) is 1.57. The molecule has 0 aromatic carbocycles. The molecule has 2 heteroatoms. The van der Waals surface area contributed by atoms with Gasteiger partial charge in [0.05, 0.1) is 26.1 Å². The fraction of sp³-hybridized carbons (Fsp3) is 1.00. The highest BCUT2D eigenvalue weighted by atomic mass is 16.5. The van der Waals surface area contributed by atoms with Crippen LogP contribution in [0.2, 0.25) is 0 Å². The van der Waals surface area contributed by atoms with Crippen LogP contribution in [0.15, 0.2) is 0 Å². The SMILES string of the molecule is CC(C)(C)C1C[N+](C)([O-])C1. The highest BCUT2D eigenvalue weighted by Gasteiger charge is 2.41. The van der Waals surface area contributed by atoms with Crippen LogP contribution in [0.25, 0.3) is 0 Å². The third-order valence-corrected chi connectivity index (χ3v) is 2.44. The summed E-state index contributed by atoms with van der Waals surface area (Å²) in [7, 11) is 1.75. The molecule has 2 nitrogen and oxygen atoms in total. The van der Waals surface area contributed by atoms with Crippen molar-refractivity contribution in [3.05, 3.63) is 5.21 Å². The Morgan fingerprint density at radius 2 is 1.70 bits per heavy atom. The Morgan fingerprint density at radius 3 is 1.80 bits per heavy atom. The van der Waals surface area contributed by atoms with E-state index >= 15 is 0 Å². The van der Waals surface area contributed by atoms with E-state index in [9.17, 15) is 5.21 Å². The molecule has 0 aromatic heterocycles. The van der Waals surface area contributed by atoms with E-state index in [2.05, 4.69) is 20.8 Å². The molecule has 0 saturated carbocycles. The maximum absolute atomic E-state index is 11.2. The van der Waals surface area contributed by atoms with E-state index in [1.165, 1.54) is 0 Å². The molecule has 0 aromatic rings. The zero-order chi connectivity index (χ0) is 7.99. The fourth-order valence-corrected chi connectivity index (χ4v) is 1.43.